The summed E-state index contributed by atoms with van der Waals surface area (Å²) in [6.45, 7) is 3.28. The first-order valence-corrected chi connectivity index (χ1v) is 14.1. The molecular formula is C30H38N4O5. The highest BCUT2D eigenvalue weighted by Gasteiger charge is 2.33. The van der Waals surface area contributed by atoms with E-state index in [2.05, 4.69) is 15.2 Å². The molecule has 2 unspecified atom stereocenters. The van der Waals surface area contributed by atoms with Crippen molar-refractivity contribution in [1.82, 2.24) is 20.2 Å². The Morgan fingerprint density at radius 1 is 1.03 bits per heavy atom. The maximum absolute atomic E-state index is 13.3. The van der Waals surface area contributed by atoms with Crippen LogP contribution >= 0.6 is 0 Å². The lowest BCUT2D eigenvalue weighted by atomic mass is 9.86. The number of benzene rings is 1. The van der Waals surface area contributed by atoms with E-state index in [0.717, 1.165) is 54.5 Å². The van der Waals surface area contributed by atoms with E-state index in [1.165, 1.54) is 19.3 Å². The quantitative estimate of drug-likeness (QED) is 0.352. The Kier molecular flexibility index (Phi) is 7.77. The molecule has 2 heterocycles. The fourth-order valence-electron chi connectivity index (χ4n) is 6.10. The minimum absolute atomic E-state index is 0.0730. The first-order valence-electron chi connectivity index (χ1n) is 14.1. The summed E-state index contributed by atoms with van der Waals surface area (Å²) in [4.78, 5) is 42.0. The van der Waals surface area contributed by atoms with Gasteiger partial charge in [0.1, 0.15) is 12.1 Å². The molecule has 2 fully saturated rings. The van der Waals surface area contributed by atoms with Crippen LogP contribution in [0.5, 0.6) is 0 Å². The summed E-state index contributed by atoms with van der Waals surface area (Å²) < 4.78 is 7.67. The Morgan fingerprint density at radius 3 is 2.46 bits per heavy atom. The number of fused-ring (bicyclic) bond motifs is 1. The van der Waals surface area contributed by atoms with Crippen LogP contribution in [-0.4, -0.2) is 44.5 Å². The van der Waals surface area contributed by atoms with Crippen molar-refractivity contribution < 1.29 is 23.9 Å². The van der Waals surface area contributed by atoms with Gasteiger partial charge in [-0.05, 0) is 62.8 Å². The van der Waals surface area contributed by atoms with E-state index in [4.69, 9.17) is 14.5 Å². The van der Waals surface area contributed by atoms with Crippen LogP contribution < -0.4 is 10.6 Å². The van der Waals surface area contributed by atoms with Gasteiger partial charge in [0.2, 0.25) is 5.91 Å². The van der Waals surface area contributed by atoms with Crippen LogP contribution in [0.2, 0.25) is 0 Å². The van der Waals surface area contributed by atoms with Crippen molar-refractivity contribution in [2.75, 3.05) is 0 Å². The molecule has 1 aromatic carbocycles. The highest BCUT2D eigenvalue weighted by atomic mass is 16.4. The number of carboxylic acid groups (broad SMARTS) is 1. The zero-order chi connectivity index (χ0) is 27.6. The van der Waals surface area contributed by atoms with Gasteiger partial charge in [-0.3, -0.25) is 14.4 Å². The second-order valence-electron chi connectivity index (χ2n) is 11.8. The third-order valence-corrected chi connectivity index (χ3v) is 8.22. The summed E-state index contributed by atoms with van der Waals surface area (Å²) in [5.74, 6) is -0.548. The molecule has 2 aromatic heterocycles. The maximum Gasteiger partial charge on any atom is 0.304 e. The van der Waals surface area contributed by atoms with Crippen molar-refractivity contribution in [1.29, 1.82) is 0 Å². The van der Waals surface area contributed by atoms with Crippen molar-refractivity contribution >= 4 is 28.8 Å². The SMILES string of the molecule is CC(C)(CC(=O)O)C(=O)NC1CCCC(NC(=O)c2ccc3c(c2)nc(-c2ccoc2)n3C2CCCCC2)C1. The number of aromatic nitrogens is 2. The molecule has 2 aliphatic rings. The summed E-state index contributed by atoms with van der Waals surface area (Å²) in [5.41, 5.74) is 2.32. The monoisotopic (exact) mass is 534 g/mol. The number of imidazole rings is 1. The third kappa shape index (κ3) is 6.02. The van der Waals surface area contributed by atoms with Crippen molar-refractivity contribution in [3.8, 4) is 11.4 Å². The number of rotatable bonds is 8. The van der Waals surface area contributed by atoms with E-state index in [1.807, 2.05) is 24.3 Å². The van der Waals surface area contributed by atoms with E-state index in [9.17, 15) is 14.4 Å². The standard InChI is InChI=1S/C30H38N4O5/c1-30(2,17-26(35)36)29(38)32-22-8-6-7-21(16-22)31-28(37)19-11-12-25-24(15-19)33-27(20-13-14-39-18-20)34(25)23-9-4-3-5-10-23/h11-15,18,21-23H,3-10,16-17H2,1-2H3,(H,31,37)(H,32,38)(H,35,36). The molecule has 0 bridgehead atoms. The summed E-state index contributed by atoms with van der Waals surface area (Å²) in [5, 5.41) is 15.3. The molecule has 208 valence electrons. The lowest BCUT2D eigenvalue weighted by molar-refractivity contribution is -0.144. The fourth-order valence-corrected chi connectivity index (χ4v) is 6.10. The number of furan rings is 1. The molecule has 2 amide bonds. The van der Waals surface area contributed by atoms with Crippen molar-refractivity contribution in [3.63, 3.8) is 0 Å². The number of hydrogen-bond donors (Lipinski definition) is 3. The fraction of sp³-hybridized carbons (Fsp3) is 0.533. The van der Waals surface area contributed by atoms with Crippen LogP contribution in [0.1, 0.15) is 94.5 Å². The molecular weight excluding hydrogens is 496 g/mol. The predicted octanol–water partition coefficient (Wildman–Crippen LogP) is 5.46. The normalized spacial score (nSPS) is 20.6. The summed E-state index contributed by atoms with van der Waals surface area (Å²) in [6, 6.07) is 7.87. The Balaban J connectivity index is 1.30. The van der Waals surface area contributed by atoms with E-state index in [-0.39, 0.29) is 30.3 Å². The van der Waals surface area contributed by atoms with Crippen LogP contribution in [-0.2, 0) is 9.59 Å². The molecule has 0 aliphatic heterocycles. The van der Waals surface area contributed by atoms with E-state index >= 15 is 0 Å². The van der Waals surface area contributed by atoms with E-state index in [0.29, 0.717) is 18.0 Å². The number of aliphatic carboxylic acids is 1. The average Bonchev–Trinajstić information content (AvgIpc) is 3.56. The number of carbonyl (C=O) groups excluding carboxylic acids is 2. The predicted molar refractivity (Wildman–Crippen MR) is 147 cm³/mol. The second kappa shape index (κ2) is 11.2. The molecule has 2 aliphatic carbocycles. The van der Waals surface area contributed by atoms with Crippen molar-refractivity contribution in [2.45, 2.75) is 96.2 Å². The molecule has 39 heavy (non-hydrogen) atoms. The number of carboxylic acids is 1. The van der Waals surface area contributed by atoms with Crippen LogP contribution in [0.3, 0.4) is 0 Å². The Labute approximate surface area is 228 Å². The Morgan fingerprint density at radius 2 is 1.77 bits per heavy atom. The molecule has 0 radical (unpaired) electrons. The van der Waals surface area contributed by atoms with Gasteiger partial charge in [0.25, 0.3) is 5.91 Å². The minimum atomic E-state index is -0.999. The van der Waals surface area contributed by atoms with E-state index in [1.54, 1.807) is 26.4 Å². The average molecular weight is 535 g/mol. The number of carbonyl (C=O) groups is 3. The number of amides is 2. The first-order chi connectivity index (χ1) is 18.7. The second-order valence-corrected chi connectivity index (χ2v) is 11.8. The molecule has 2 atom stereocenters. The van der Waals surface area contributed by atoms with Gasteiger partial charge in [-0.2, -0.15) is 0 Å². The van der Waals surface area contributed by atoms with Crippen LogP contribution in [0.25, 0.3) is 22.4 Å². The number of nitrogens with one attached hydrogen (secondary N) is 2. The zero-order valence-electron chi connectivity index (χ0n) is 22.7. The van der Waals surface area contributed by atoms with Crippen LogP contribution in [0.4, 0.5) is 0 Å². The molecule has 3 aromatic rings. The van der Waals surface area contributed by atoms with Gasteiger partial charge in [0.15, 0.2) is 0 Å². The lowest BCUT2D eigenvalue weighted by Crippen LogP contribution is -2.49. The summed E-state index contributed by atoms with van der Waals surface area (Å²) >= 11 is 0. The molecule has 3 N–H and O–H groups in total. The molecule has 9 heteroatoms. The number of hydrogen-bond acceptors (Lipinski definition) is 5. The van der Waals surface area contributed by atoms with Gasteiger partial charge in [0, 0.05) is 23.7 Å². The Hall–Kier alpha value is -3.62. The smallest absolute Gasteiger partial charge is 0.304 e. The van der Waals surface area contributed by atoms with Crippen LogP contribution in [0.15, 0.2) is 41.2 Å². The van der Waals surface area contributed by atoms with Gasteiger partial charge in [-0.25, -0.2) is 4.98 Å². The Bertz CT molecular complexity index is 1340. The minimum Gasteiger partial charge on any atom is -0.481 e. The molecule has 9 nitrogen and oxygen atoms in total. The molecule has 2 saturated carbocycles. The highest BCUT2D eigenvalue weighted by molar-refractivity contribution is 5.98. The maximum atomic E-state index is 13.3. The van der Waals surface area contributed by atoms with Gasteiger partial charge >= 0.3 is 5.97 Å². The first kappa shape index (κ1) is 27.0. The third-order valence-electron chi connectivity index (χ3n) is 8.22. The zero-order valence-corrected chi connectivity index (χ0v) is 22.7. The molecule has 0 spiro atoms. The van der Waals surface area contributed by atoms with Crippen molar-refractivity contribution in [2.24, 2.45) is 5.41 Å². The van der Waals surface area contributed by atoms with Gasteiger partial charge in [0.05, 0.1) is 34.7 Å². The topological polar surface area (TPSA) is 126 Å². The van der Waals surface area contributed by atoms with Crippen LogP contribution in [0, 0.1) is 5.41 Å². The van der Waals surface area contributed by atoms with Gasteiger partial charge in [-0.15, -0.1) is 0 Å². The summed E-state index contributed by atoms with van der Waals surface area (Å²) in [7, 11) is 0. The number of nitrogens with zero attached hydrogens (tertiary/aromatic N) is 2. The van der Waals surface area contributed by atoms with Gasteiger partial charge < -0.3 is 24.7 Å². The molecule has 0 saturated heterocycles. The van der Waals surface area contributed by atoms with E-state index < -0.39 is 11.4 Å². The lowest BCUT2D eigenvalue weighted by Gasteiger charge is -2.32. The largest absolute Gasteiger partial charge is 0.481 e. The molecule has 5 rings (SSSR count). The van der Waals surface area contributed by atoms with Gasteiger partial charge in [-0.1, -0.05) is 33.1 Å². The summed E-state index contributed by atoms with van der Waals surface area (Å²) in [6.07, 6.45) is 12.2. The highest BCUT2D eigenvalue weighted by Crippen LogP contribution is 2.36. The van der Waals surface area contributed by atoms with Crippen molar-refractivity contribution in [3.05, 3.63) is 42.4 Å².